The lowest BCUT2D eigenvalue weighted by molar-refractivity contribution is -0.115. The minimum absolute atomic E-state index is 0.0607. The van der Waals surface area contributed by atoms with E-state index in [1.165, 1.54) is 38.5 Å². The van der Waals surface area contributed by atoms with Gasteiger partial charge in [0.1, 0.15) is 0 Å². The first-order valence-corrected chi connectivity index (χ1v) is 8.89. The van der Waals surface area contributed by atoms with E-state index in [4.69, 9.17) is 14.7 Å². The number of hydrogen-bond acceptors (Lipinski definition) is 6. The zero-order chi connectivity index (χ0) is 19.2. The second-order valence-electron chi connectivity index (χ2n) is 5.08. The van der Waals surface area contributed by atoms with Crippen LogP contribution in [0.1, 0.15) is 5.56 Å². The Bertz CT molecular complexity index is 951. The smallest absolute Gasteiger partial charge is 0.241 e. The van der Waals surface area contributed by atoms with E-state index in [1.807, 2.05) is 6.07 Å². The molecule has 2 N–H and O–H groups in total. The molecule has 8 nitrogen and oxygen atoms in total. The minimum atomic E-state index is -3.92. The second-order valence-corrected chi connectivity index (χ2v) is 6.85. The van der Waals surface area contributed by atoms with Crippen molar-refractivity contribution in [3.8, 4) is 17.6 Å². The number of carbonyl (C=O) groups is 1. The summed E-state index contributed by atoms with van der Waals surface area (Å²) in [5.41, 5.74) is 0.785. The molecule has 2 aromatic rings. The minimum Gasteiger partial charge on any atom is -0.493 e. The van der Waals surface area contributed by atoms with Crippen molar-refractivity contribution < 1.29 is 22.7 Å². The molecule has 0 fully saturated rings. The molecule has 0 spiro atoms. The van der Waals surface area contributed by atoms with Crippen molar-refractivity contribution in [2.24, 2.45) is 0 Å². The summed E-state index contributed by atoms with van der Waals surface area (Å²) in [6.45, 7) is -0.465. The SMILES string of the molecule is COc1ccc(S(=O)(=O)NCC(=O)Nc2cccc(C#N)c2)cc1OC. The van der Waals surface area contributed by atoms with E-state index in [9.17, 15) is 13.2 Å². The fourth-order valence-electron chi connectivity index (χ4n) is 2.10. The van der Waals surface area contributed by atoms with Crippen LogP contribution < -0.4 is 19.5 Å². The zero-order valence-corrected chi connectivity index (χ0v) is 15.0. The monoisotopic (exact) mass is 375 g/mol. The Morgan fingerprint density at radius 3 is 2.50 bits per heavy atom. The maximum Gasteiger partial charge on any atom is 0.241 e. The van der Waals surface area contributed by atoms with Crippen molar-refractivity contribution in [1.82, 2.24) is 4.72 Å². The molecule has 0 heterocycles. The molecular weight excluding hydrogens is 358 g/mol. The lowest BCUT2D eigenvalue weighted by atomic mass is 10.2. The Morgan fingerprint density at radius 2 is 1.85 bits per heavy atom. The number of methoxy groups -OCH3 is 2. The Labute approximate surface area is 151 Å². The van der Waals surface area contributed by atoms with Crippen LogP contribution in [0.4, 0.5) is 5.69 Å². The van der Waals surface area contributed by atoms with Gasteiger partial charge in [0, 0.05) is 11.8 Å². The van der Waals surface area contributed by atoms with Gasteiger partial charge >= 0.3 is 0 Å². The summed E-state index contributed by atoms with van der Waals surface area (Å²) >= 11 is 0. The van der Waals surface area contributed by atoms with Crippen LogP contribution in [0.25, 0.3) is 0 Å². The van der Waals surface area contributed by atoms with Crippen molar-refractivity contribution in [3.63, 3.8) is 0 Å². The standard InChI is InChI=1S/C17H17N3O5S/c1-24-15-7-6-14(9-16(15)25-2)26(22,23)19-11-17(21)20-13-5-3-4-12(8-13)10-18/h3-9,19H,11H2,1-2H3,(H,20,21). The lowest BCUT2D eigenvalue weighted by Crippen LogP contribution is -2.32. The highest BCUT2D eigenvalue weighted by atomic mass is 32.2. The third kappa shape index (κ3) is 4.72. The van der Waals surface area contributed by atoms with Gasteiger partial charge in [0.15, 0.2) is 11.5 Å². The number of sulfonamides is 1. The van der Waals surface area contributed by atoms with Crippen LogP contribution in [-0.2, 0) is 14.8 Å². The van der Waals surface area contributed by atoms with Gasteiger partial charge in [-0.25, -0.2) is 13.1 Å². The molecule has 0 saturated carbocycles. The molecule has 0 atom stereocenters. The highest BCUT2D eigenvalue weighted by Crippen LogP contribution is 2.29. The number of nitriles is 1. The Morgan fingerprint density at radius 1 is 1.12 bits per heavy atom. The van der Waals surface area contributed by atoms with Gasteiger partial charge in [-0.3, -0.25) is 4.79 Å². The van der Waals surface area contributed by atoms with Gasteiger partial charge in [-0.15, -0.1) is 0 Å². The quantitative estimate of drug-likeness (QED) is 0.757. The average molecular weight is 375 g/mol. The number of ether oxygens (including phenoxy) is 2. The van der Waals surface area contributed by atoms with Gasteiger partial charge in [0.05, 0.1) is 37.3 Å². The number of anilines is 1. The van der Waals surface area contributed by atoms with E-state index < -0.39 is 22.5 Å². The second kappa shape index (κ2) is 8.33. The van der Waals surface area contributed by atoms with Crippen molar-refractivity contribution in [2.45, 2.75) is 4.90 Å². The van der Waals surface area contributed by atoms with Crippen LogP contribution in [0.5, 0.6) is 11.5 Å². The first-order chi connectivity index (χ1) is 12.4. The van der Waals surface area contributed by atoms with Gasteiger partial charge in [-0.05, 0) is 30.3 Å². The Balaban J connectivity index is 2.05. The van der Waals surface area contributed by atoms with Crippen LogP contribution in [0, 0.1) is 11.3 Å². The van der Waals surface area contributed by atoms with E-state index in [-0.39, 0.29) is 10.6 Å². The van der Waals surface area contributed by atoms with Gasteiger partial charge in [-0.2, -0.15) is 5.26 Å². The number of amides is 1. The largest absolute Gasteiger partial charge is 0.493 e. The van der Waals surface area contributed by atoms with E-state index in [2.05, 4.69) is 10.0 Å². The molecule has 26 heavy (non-hydrogen) atoms. The maximum absolute atomic E-state index is 12.3. The number of nitrogens with zero attached hydrogens (tertiary/aromatic N) is 1. The Kier molecular flexibility index (Phi) is 6.16. The summed E-state index contributed by atoms with van der Waals surface area (Å²) in [5, 5.41) is 11.4. The summed E-state index contributed by atoms with van der Waals surface area (Å²) in [6, 6.07) is 12.4. The molecule has 9 heteroatoms. The van der Waals surface area contributed by atoms with Gasteiger partial charge in [0.2, 0.25) is 15.9 Å². The number of benzene rings is 2. The predicted octanol–water partition coefficient (Wildman–Crippen LogP) is 1.49. The fraction of sp³-hybridized carbons (Fsp3) is 0.176. The van der Waals surface area contributed by atoms with Crippen molar-refractivity contribution in [1.29, 1.82) is 5.26 Å². The van der Waals surface area contributed by atoms with E-state index >= 15 is 0 Å². The zero-order valence-electron chi connectivity index (χ0n) is 14.1. The summed E-state index contributed by atoms with van der Waals surface area (Å²) < 4.78 is 37.0. The molecule has 0 aromatic heterocycles. The van der Waals surface area contributed by atoms with Gasteiger partial charge in [-0.1, -0.05) is 6.07 Å². The van der Waals surface area contributed by atoms with Crippen LogP contribution in [0.3, 0.4) is 0 Å². The molecule has 136 valence electrons. The molecular formula is C17H17N3O5S. The summed E-state index contributed by atoms with van der Waals surface area (Å²) in [5.74, 6) is 0.0823. The first-order valence-electron chi connectivity index (χ1n) is 7.41. The number of hydrogen-bond donors (Lipinski definition) is 2. The molecule has 0 unspecified atom stereocenters. The maximum atomic E-state index is 12.3. The fourth-order valence-corrected chi connectivity index (χ4v) is 3.10. The molecule has 0 aliphatic heterocycles. The van der Waals surface area contributed by atoms with E-state index in [0.29, 0.717) is 17.0 Å². The molecule has 0 saturated heterocycles. The molecule has 0 aliphatic rings. The topological polar surface area (TPSA) is 118 Å². The summed E-state index contributed by atoms with van der Waals surface area (Å²) in [6.07, 6.45) is 0. The first kappa shape index (κ1) is 19.2. The third-order valence-corrected chi connectivity index (χ3v) is 4.76. The van der Waals surface area contributed by atoms with Crippen molar-refractivity contribution >= 4 is 21.6 Å². The highest BCUT2D eigenvalue weighted by Gasteiger charge is 2.18. The Hall–Kier alpha value is -3.09. The number of rotatable bonds is 7. The highest BCUT2D eigenvalue weighted by molar-refractivity contribution is 7.89. The van der Waals surface area contributed by atoms with Crippen LogP contribution in [0.15, 0.2) is 47.4 Å². The van der Waals surface area contributed by atoms with Crippen LogP contribution >= 0.6 is 0 Å². The van der Waals surface area contributed by atoms with Crippen LogP contribution in [-0.4, -0.2) is 35.1 Å². The summed E-state index contributed by atoms with van der Waals surface area (Å²) in [7, 11) is -1.08. The molecule has 0 bridgehead atoms. The van der Waals surface area contributed by atoms with Crippen molar-refractivity contribution in [3.05, 3.63) is 48.0 Å². The van der Waals surface area contributed by atoms with E-state index in [0.717, 1.165) is 0 Å². The van der Waals surface area contributed by atoms with Crippen LogP contribution in [0.2, 0.25) is 0 Å². The number of carbonyl (C=O) groups excluding carboxylic acids is 1. The molecule has 2 aromatic carbocycles. The lowest BCUT2D eigenvalue weighted by Gasteiger charge is -2.11. The van der Waals surface area contributed by atoms with Gasteiger partial charge < -0.3 is 14.8 Å². The molecule has 1 amide bonds. The van der Waals surface area contributed by atoms with Crippen molar-refractivity contribution in [2.75, 3.05) is 26.1 Å². The third-order valence-electron chi connectivity index (χ3n) is 3.36. The predicted molar refractivity (Wildman–Crippen MR) is 94.5 cm³/mol. The normalized spacial score (nSPS) is 10.7. The molecule has 2 rings (SSSR count). The average Bonchev–Trinajstić information content (AvgIpc) is 2.66. The molecule has 0 aliphatic carbocycles. The molecule has 0 radical (unpaired) electrons. The number of nitrogens with one attached hydrogen (secondary N) is 2. The van der Waals surface area contributed by atoms with Gasteiger partial charge in [0.25, 0.3) is 0 Å². The summed E-state index contributed by atoms with van der Waals surface area (Å²) in [4.78, 5) is 11.9. The van der Waals surface area contributed by atoms with E-state index in [1.54, 1.807) is 18.2 Å².